The van der Waals surface area contributed by atoms with Crippen molar-refractivity contribution < 1.29 is 9.90 Å². The Labute approximate surface area is 143 Å². The highest BCUT2D eigenvalue weighted by atomic mass is 35.5. The van der Waals surface area contributed by atoms with E-state index in [1.54, 1.807) is 0 Å². The number of halogens is 1. The molecule has 1 saturated carbocycles. The summed E-state index contributed by atoms with van der Waals surface area (Å²) >= 11 is 5.96. The summed E-state index contributed by atoms with van der Waals surface area (Å²) in [5.41, 5.74) is 0.759. The van der Waals surface area contributed by atoms with E-state index in [4.69, 9.17) is 11.6 Å². The first-order valence-electron chi connectivity index (χ1n) is 8.17. The molecule has 1 aliphatic heterocycles. The van der Waals surface area contributed by atoms with E-state index in [0.29, 0.717) is 30.2 Å². The average Bonchev–Trinajstić information content (AvgIpc) is 3.27. The lowest BCUT2D eigenvalue weighted by molar-refractivity contribution is -0.141. The fourth-order valence-corrected chi connectivity index (χ4v) is 3.77. The molecule has 1 aliphatic carbocycles. The number of benzene rings is 1. The Kier molecular flexibility index (Phi) is 3.53. The van der Waals surface area contributed by atoms with Gasteiger partial charge in [0.15, 0.2) is 0 Å². The smallest absolute Gasteiger partial charge is 0.346 e. The number of nitrogens with zero attached hydrogens (tertiary/aromatic N) is 3. The normalized spacial score (nSPS) is 21.3. The second-order valence-corrected chi connectivity index (χ2v) is 7.20. The highest BCUT2D eigenvalue weighted by Crippen LogP contribution is 2.49. The molecule has 2 aromatic rings. The van der Waals surface area contributed by atoms with Crippen LogP contribution in [0, 0.1) is 0 Å². The van der Waals surface area contributed by atoms with E-state index in [0.717, 1.165) is 24.8 Å². The van der Waals surface area contributed by atoms with Gasteiger partial charge >= 0.3 is 11.7 Å². The van der Waals surface area contributed by atoms with Gasteiger partial charge in [-0.2, -0.15) is 5.10 Å². The van der Waals surface area contributed by atoms with Gasteiger partial charge in [0.2, 0.25) is 0 Å². The Morgan fingerprint density at radius 3 is 2.67 bits per heavy atom. The molecule has 126 valence electrons. The van der Waals surface area contributed by atoms with Gasteiger partial charge in [-0.15, -0.1) is 0 Å². The van der Waals surface area contributed by atoms with Crippen LogP contribution in [0.1, 0.15) is 43.1 Å². The number of carbonyl (C=O) groups is 1. The zero-order valence-electron chi connectivity index (χ0n) is 13.1. The van der Waals surface area contributed by atoms with Gasteiger partial charge in [-0.1, -0.05) is 23.7 Å². The van der Waals surface area contributed by atoms with Crippen molar-refractivity contribution in [3.8, 4) is 0 Å². The molecule has 0 saturated heterocycles. The molecule has 0 spiro atoms. The minimum atomic E-state index is -0.962. The number of hydrogen-bond acceptors (Lipinski definition) is 3. The van der Waals surface area contributed by atoms with Crippen molar-refractivity contribution >= 4 is 17.6 Å². The Balaban J connectivity index is 1.68. The summed E-state index contributed by atoms with van der Waals surface area (Å²) in [6.45, 7) is 0.486. The quantitative estimate of drug-likeness (QED) is 0.921. The third-order valence-electron chi connectivity index (χ3n) is 5.18. The van der Waals surface area contributed by atoms with E-state index < -0.39 is 12.0 Å². The molecule has 1 atom stereocenters. The molecule has 6 nitrogen and oxygen atoms in total. The maximum absolute atomic E-state index is 12.7. The van der Waals surface area contributed by atoms with E-state index in [1.165, 1.54) is 9.25 Å². The summed E-state index contributed by atoms with van der Waals surface area (Å²) in [5, 5.41) is 14.5. The van der Waals surface area contributed by atoms with Crippen LogP contribution in [0.4, 0.5) is 0 Å². The SMILES string of the molecule is O=C(O)[C@@H]1CCCc2nn(CC3(c4ccc(Cl)cc4)CC3)c(=O)n21. The molecule has 2 heterocycles. The largest absolute Gasteiger partial charge is 0.480 e. The third-order valence-corrected chi connectivity index (χ3v) is 5.43. The molecule has 1 aromatic carbocycles. The summed E-state index contributed by atoms with van der Waals surface area (Å²) < 4.78 is 2.82. The lowest BCUT2D eigenvalue weighted by Crippen LogP contribution is -2.35. The van der Waals surface area contributed by atoms with Gasteiger partial charge < -0.3 is 5.11 Å². The van der Waals surface area contributed by atoms with Gasteiger partial charge in [-0.3, -0.25) is 4.57 Å². The molecule has 24 heavy (non-hydrogen) atoms. The molecule has 1 fully saturated rings. The molecule has 7 heteroatoms. The van der Waals surface area contributed by atoms with Crippen molar-refractivity contribution in [2.45, 2.75) is 50.1 Å². The zero-order valence-corrected chi connectivity index (χ0v) is 13.9. The van der Waals surface area contributed by atoms with Crippen LogP contribution in [0.15, 0.2) is 29.1 Å². The molecule has 0 radical (unpaired) electrons. The second kappa shape index (κ2) is 5.48. The fraction of sp³-hybridized carbons (Fsp3) is 0.471. The number of fused-ring (bicyclic) bond motifs is 1. The summed E-state index contributed by atoms with van der Waals surface area (Å²) in [6.07, 6.45) is 3.86. The van der Waals surface area contributed by atoms with Crippen LogP contribution in [-0.2, 0) is 23.2 Å². The number of rotatable bonds is 4. The van der Waals surface area contributed by atoms with Crippen molar-refractivity contribution in [3.63, 3.8) is 0 Å². The van der Waals surface area contributed by atoms with Crippen LogP contribution in [0.3, 0.4) is 0 Å². The zero-order chi connectivity index (χ0) is 16.9. The molecule has 1 N–H and O–H groups in total. The van der Waals surface area contributed by atoms with Crippen LogP contribution in [-0.4, -0.2) is 25.4 Å². The highest BCUT2D eigenvalue weighted by Gasteiger charge is 2.45. The van der Waals surface area contributed by atoms with Gasteiger partial charge in [0.1, 0.15) is 11.9 Å². The Morgan fingerprint density at radius 2 is 2.04 bits per heavy atom. The molecule has 0 bridgehead atoms. The number of aliphatic carboxylic acids is 1. The van der Waals surface area contributed by atoms with Gasteiger partial charge in [0, 0.05) is 16.9 Å². The lowest BCUT2D eigenvalue weighted by atomic mass is 9.96. The maximum Gasteiger partial charge on any atom is 0.346 e. The predicted molar refractivity (Wildman–Crippen MR) is 88.5 cm³/mol. The minimum absolute atomic E-state index is 0.0857. The standard InChI is InChI=1S/C17H18ClN3O3/c18-12-6-4-11(5-7-12)17(8-9-17)10-20-16(24)21-13(15(22)23)2-1-3-14(21)19-20/h4-7,13H,1-3,8-10H2,(H,22,23)/t13-/m0/s1. The first kappa shape index (κ1) is 15.4. The van der Waals surface area contributed by atoms with Crippen LogP contribution in [0.2, 0.25) is 5.02 Å². The number of aromatic nitrogens is 3. The number of carboxylic acids is 1. The third kappa shape index (κ3) is 2.45. The summed E-state index contributed by atoms with van der Waals surface area (Å²) in [6, 6.07) is 6.92. The van der Waals surface area contributed by atoms with Crippen molar-refractivity contribution in [3.05, 3.63) is 51.2 Å². The monoisotopic (exact) mass is 347 g/mol. The number of hydrogen-bond donors (Lipinski definition) is 1. The minimum Gasteiger partial charge on any atom is -0.480 e. The lowest BCUT2D eigenvalue weighted by Gasteiger charge is -2.19. The average molecular weight is 348 g/mol. The van der Waals surface area contributed by atoms with Gasteiger partial charge in [-0.05, 0) is 43.4 Å². The summed E-state index contributed by atoms with van der Waals surface area (Å²) in [4.78, 5) is 24.1. The molecule has 0 unspecified atom stereocenters. The first-order chi connectivity index (χ1) is 11.5. The van der Waals surface area contributed by atoms with Crippen LogP contribution in [0.5, 0.6) is 0 Å². The molecule has 0 amide bonds. The first-order valence-corrected chi connectivity index (χ1v) is 8.55. The molecular formula is C17H18ClN3O3. The topological polar surface area (TPSA) is 77.1 Å². The Morgan fingerprint density at radius 1 is 1.33 bits per heavy atom. The summed E-state index contributed by atoms with van der Waals surface area (Å²) in [7, 11) is 0. The van der Waals surface area contributed by atoms with E-state index in [-0.39, 0.29) is 11.1 Å². The van der Waals surface area contributed by atoms with E-state index >= 15 is 0 Å². The van der Waals surface area contributed by atoms with Crippen LogP contribution >= 0.6 is 11.6 Å². The van der Waals surface area contributed by atoms with Gasteiger partial charge in [0.25, 0.3) is 0 Å². The number of aryl methyl sites for hydroxylation is 1. The van der Waals surface area contributed by atoms with Crippen LogP contribution < -0.4 is 5.69 Å². The number of carboxylic acid groups (broad SMARTS) is 1. The second-order valence-electron chi connectivity index (χ2n) is 6.76. The van der Waals surface area contributed by atoms with Crippen molar-refractivity contribution in [1.29, 1.82) is 0 Å². The Bertz CT molecular complexity index is 849. The predicted octanol–water partition coefficient (Wildman–Crippen LogP) is 2.39. The molecule has 4 rings (SSSR count). The van der Waals surface area contributed by atoms with Crippen molar-refractivity contribution in [2.75, 3.05) is 0 Å². The van der Waals surface area contributed by atoms with Crippen molar-refractivity contribution in [1.82, 2.24) is 14.3 Å². The van der Waals surface area contributed by atoms with Crippen molar-refractivity contribution in [2.24, 2.45) is 0 Å². The van der Waals surface area contributed by atoms with Gasteiger partial charge in [0.05, 0.1) is 6.54 Å². The molecule has 1 aromatic heterocycles. The summed E-state index contributed by atoms with van der Waals surface area (Å²) in [5.74, 6) is -0.373. The van der Waals surface area contributed by atoms with E-state index in [1.807, 2.05) is 24.3 Å². The van der Waals surface area contributed by atoms with Crippen LogP contribution in [0.25, 0.3) is 0 Å². The molecular weight excluding hydrogens is 330 g/mol. The maximum atomic E-state index is 12.7. The van der Waals surface area contributed by atoms with E-state index in [9.17, 15) is 14.7 Å². The van der Waals surface area contributed by atoms with Gasteiger partial charge in [-0.25, -0.2) is 14.3 Å². The molecule has 2 aliphatic rings. The Hall–Kier alpha value is -2.08. The fourth-order valence-electron chi connectivity index (χ4n) is 3.65. The van der Waals surface area contributed by atoms with E-state index in [2.05, 4.69) is 5.10 Å². The highest BCUT2D eigenvalue weighted by molar-refractivity contribution is 6.30.